The van der Waals surface area contributed by atoms with E-state index in [0.717, 1.165) is 19.3 Å². The van der Waals surface area contributed by atoms with Crippen LogP contribution in [-0.4, -0.2) is 28.8 Å². The Kier molecular flexibility index (Phi) is 3.19. The summed E-state index contributed by atoms with van der Waals surface area (Å²) in [6, 6.07) is 0.197. The summed E-state index contributed by atoms with van der Waals surface area (Å²) < 4.78 is 9.82. The molecule has 16 heavy (non-hydrogen) atoms. The summed E-state index contributed by atoms with van der Waals surface area (Å²) in [7, 11) is 0. The van der Waals surface area contributed by atoms with E-state index >= 15 is 0 Å². The van der Waals surface area contributed by atoms with Crippen LogP contribution >= 0.6 is 0 Å². The summed E-state index contributed by atoms with van der Waals surface area (Å²) in [6.45, 7) is 2.03. The molecule has 6 nitrogen and oxygen atoms in total. The fourth-order valence-electron chi connectivity index (χ4n) is 1.92. The van der Waals surface area contributed by atoms with Crippen molar-refractivity contribution in [1.29, 1.82) is 0 Å². The highest BCUT2D eigenvalue weighted by molar-refractivity contribution is 5.84. The Labute approximate surface area is 93.1 Å². The number of nitrogens with zero attached hydrogens (tertiary/aromatic N) is 2. The lowest BCUT2D eigenvalue weighted by molar-refractivity contribution is 0.0508. The van der Waals surface area contributed by atoms with Crippen molar-refractivity contribution in [3.05, 3.63) is 11.7 Å². The SMILES string of the molecule is CCOC(=O)c1noc(C2CCC(N)C2)n1. The average molecular weight is 225 g/mol. The number of carbonyl (C=O) groups is 1. The second-order valence-corrected chi connectivity index (χ2v) is 3.95. The Morgan fingerprint density at radius 1 is 1.62 bits per heavy atom. The predicted octanol–water partition coefficient (Wildman–Crippen LogP) is 0.841. The van der Waals surface area contributed by atoms with Gasteiger partial charge in [-0.05, 0) is 31.3 Å². The van der Waals surface area contributed by atoms with Gasteiger partial charge in [-0.15, -0.1) is 0 Å². The molecule has 1 fully saturated rings. The van der Waals surface area contributed by atoms with Crippen LogP contribution in [0, 0.1) is 0 Å². The molecule has 0 saturated heterocycles. The minimum Gasteiger partial charge on any atom is -0.460 e. The van der Waals surface area contributed by atoms with Crippen LogP contribution in [0.1, 0.15) is 48.6 Å². The van der Waals surface area contributed by atoms with Gasteiger partial charge in [-0.1, -0.05) is 0 Å². The molecule has 1 aromatic heterocycles. The topological polar surface area (TPSA) is 91.2 Å². The van der Waals surface area contributed by atoms with Crippen molar-refractivity contribution in [1.82, 2.24) is 10.1 Å². The minimum absolute atomic E-state index is 0.00248. The molecule has 0 amide bonds. The Bertz CT molecular complexity index is 377. The Balaban J connectivity index is 2.04. The van der Waals surface area contributed by atoms with E-state index in [1.807, 2.05) is 0 Å². The molecule has 1 saturated carbocycles. The zero-order valence-corrected chi connectivity index (χ0v) is 9.18. The van der Waals surface area contributed by atoms with E-state index in [1.54, 1.807) is 6.92 Å². The number of aromatic nitrogens is 2. The third kappa shape index (κ3) is 2.21. The summed E-state index contributed by atoms with van der Waals surface area (Å²) in [5.74, 6) is 0.138. The van der Waals surface area contributed by atoms with Crippen molar-refractivity contribution in [3.63, 3.8) is 0 Å². The predicted molar refractivity (Wildman–Crippen MR) is 54.8 cm³/mol. The molecule has 0 aliphatic heterocycles. The fourth-order valence-corrected chi connectivity index (χ4v) is 1.92. The van der Waals surface area contributed by atoms with Gasteiger partial charge in [0, 0.05) is 12.0 Å². The largest absolute Gasteiger partial charge is 0.460 e. The van der Waals surface area contributed by atoms with Crippen LogP contribution in [0.2, 0.25) is 0 Å². The maximum atomic E-state index is 11.3. The van der Waals surface area contributed by atoms with Crippen molar-refractivity contribution >= 4 is 5.97 Å². The Hall–Kier alpha value is -1.43. The fraction of sp³-hybridized carbons (Fsp3) is 0.700. The number of nitrogens with two attached hydrogens (primary N) is 1. The van der Waals surface area contributed by atoms with E-state index < -0.39 is 5.97 Å². The number of rotatable bonds is 3. The first-order valence-corrected chi connectivity index (χ1v) is 5.47. The van der Waals surface area contributed by atoms with Gasteiger partial charge in [-0.3, -0.25) is 0 Å². The van der Waals surface area contributed by atoms with Gasteiger partial charge >= 0.3 is 5.97 Å². The number of esters is 1. The van der Waals surface area contributed by atoms with Gasteiger partial charge < -0.3 is 15.0 Å². The zero-order chi connectivity index (χ0) is 11.5. The standard InChI is InChI=1S/C10H15N3O3/c1-2-15-10(14)8-12-9(16-13-8)6-3-4-7(11)5-6/h6-7H,2-5,11H2,1H3. The van der Waals surface area contributed by atoms with Gasteiger partial charge in [0.1, 0.15) is 0 Å². The molecular formula is C10H15N3O3. The lowest BCUT2D eigenvalue weighted by Gasteiger charge is -2.01. The molecule has 0 aromatic carbocycles. The van der Waals surface area contributed by atoms with Crippen LogP contribution in [0.15, 0.2) is 4.52 Å². The van der Waals surface area contributed by atoms with Crippen LogP contribution in [0.4, 0.5) is 0 Å². The summed E-state index contributed by atoms with van der Waals surface area (Å²) in [5.41, 5.74) is 5.80. The molecule has 0 bridgehead atoms. The third-order valence-corrected chi connectivity index (χ3v) is 2.72. The van der Waals surface area contributed by atoms with E-state index in [4.69, 9.17) is 15.0 Å². The van der Waals surface area contributed by atoms with E-state index in [1.165, 1.54) is 0 Å². The molecule has 1 heterocycles. The lowest BCUT2D eigenvalue weighted by Crippen LogP contribution is -2.14. The normalized spacial score (nSPS) is 24.6. The maximum Gasteiger partial charge on any atom is 0.379 e. The molecule has 2 N–H and O–H groups in total. The molecule has 2 rings (SSSR count). The van der Waals surface area contributed by atoms with Gasteiger partial charge in [0.2, 0.25) is 5.89 Å². The first-order chi connectivity index (χ1) is 7.70. The number of hydrogen-bond acceptors (Lipinski definition) is 6. The average Bonchev–Trinajstić information content (AvgIpc) is 2.85. The maximum absolute atomic E-state index is 11.3. The van der Waals surface area contributed by atoms with Crippen molar-refractivity contribution in [3.8, 4) is 0 Å². The van der Waals surface area contributed by atoms with Crippen LogP contribution in [-0.2, 0) is 4.74 Å². The first kappa shape index (κ1) is 11.1. The van der Waals surface area contributed by atoms with E-state index in [2.05, 4.69) is 10.1 Å². The summed E-state index contributed by atoms with van der Waals surface area (Å²) in [5, 5.41) is 3.60. The molecule has 1 aliphatic rings. The van der Waals surface area contributed by atoms with Crippen molar-refractivity contribution in [2.75, 3.05) is 6.61 Å². The van der Waals surface area contributed by atoms with E-state index in [-0.39, 0.29) is 17.8 Å². The highest BCUT2D eigenvalue weighted by Crippen LogP contribution is 2.32. The second-order valence-electron chi connectivity index (χ2n) is 3.95. The molecule has 1 aromatic rings. The van der Waals surface area contributed by atoms with Gasteiger partial charge in [-0.2, -0.15) is 4.98 Å². The van der Waals surface area contributed by atoms with Gasteiger partial charge in [0.05, 0.1) is 6.61 Å². The number of carbonyl (C=O) groups excluding carboxylic acids is 1. The molecule has 0 spiro atoms. The second kappa shape index (κ2) is 4.61. The molecule has 0 radical (unpaired) electrons. The Morgan fingerprint density at radius 2 is 2.44 bits per heavy atom. The molecular weight excluding hydrogens is 210 g/mol. The zero-order valence-electron chi connectivity index (χ0n) is 9.18. The van der Waals surface area contributed by atoms with Gasteiger partial charge in [0.25, 0.3) is 5.82 Å². The smallest absolute Gasteiger partial charge is 0.379 e. The summed E-state index contributed by atoms with van der Waals surface area (Å²) in [4.78, 5) is 15.3. The van der Waals surface area contributed by atoms with Crippen LogP contribution in [0.3, 0.4) is 0 Å². The highest BCUT2D eigenvalue weighted by Gasteiger charge is 2.29. The quantitative estimate of drug-likeness (QED) is 0.766. The molecule has 6 heteroatoms. The van der Waals surface area contributed by atoms with Crippen LogP contribution < -0.4 is 5.73 Å². The Morgan fingerprint density at radius 3 is 3.06 bits per heavy atom. The molecule has 2 atom stereocenters. The lowest BCUT2D eigenvalue weighted by atomic mass is 10.1. The molecule has 88 valence electrons. The minimum atomic E-state index is -0.542. The molecule has 1 aliphatic carbocycles. The number of hydrogen-bond donors (Lipinski definition) is 1. The summed E-state index contributed by atoms with van der Waals surface area (Å²) in [6.07, 6.45) is 2.73. The van der Waals surface area contributed by atoms with E-state index in [0.29, 0.717) is 12.5 Å². The first-order valence-electron chi connectivity index (χ1n) is 5.47. The highest BCUT2D eigenvalue weighted by atomic mass is 16.5. The number of ether oxygens (including phenoxy) is 1. The van der Waals surface area contributed by atoms with Crippen LogP contribution in [0.25, 0.3) is 0 Å². The van der Waals surface area contributed by atoms with Gasteiger partial charge in [0.15, 0.2) is 0 Å². The van der Waals surface area contributed by atoms with Gasteiger partial charge in [-0.25, -0.2) is 4.79 Å². The summed E-state index contributed by atoms with van der Waals surface area (Å²) >= 11 is 0. The van der Waals surface area contributed by atoms with Crippen LogP contribution in [0.5, 0.6) is 0 Å². The monoisotopic (exact) mass is 225 g/mol. The van der Waals surface area contributed by atoms with Crippen molar-refractivity contribution < 1.29 is 14.1 Å². The van der Waals surface area contributed by atoms with Crippen molar-refractivity contribution in [2.45, 2.75) is 38.1 Å². The molecule has 2 unspecified atom stereocenters. The van der Waals surface area contributed by atoms with E-state index in [9.17, 15) is 4.79 Å². The third-order valence-electron chi connectivity index (χ3n) is 2.72. The van der Waals surface area contributed by atoms with Crippen molar-refractivity contribution in [2.24, 2.45) is 5.73 Å².